The summed E-state index contributed by atoms with van der Waals surface area (Å²) in [6, 6.07) is -0.415. The van der Waals surface area contributed by atoms with Gasteiger partial charge in [0, 0.05) is 29.6 Å². The highest BCUT2D eigenvalue weighted by Gasteiger charge is 2.61. The maximum atomic E-state index is 13.9. The van der Waals surface area contributed by atoms with E-state index in [4.69, 9.17) is 21.2 Å². The van der Waals surface area contributed by atoms with E-state index in [1.165, 1.54) is 32.1 Å². The summed E-state index contributed by atoms with van der Waals surface area (Å²) in [6.07, 6.45) is 11.7. The molecule has 7 fully saturated rings. The van der Waals surface area contributed by atoms with Crippen LogP contribution < -0.4 is 16.8 Å². The summed E-state index contributed by atoms with van der Waals surface area (Å²) in [4.78, 5) is 44.2. The zero-order valence-corrected chi connectivity index (χ0v) is 26.8. The van der Waals surface area contributed by atoms with Crippen LogP contribution in [0.3, 0.4) is 0 Å². The number of amides is 2. The van der Waals surface area contributed by atoms with Crippen molar-refractivity contribution in [1.29, 1.82) is 0 Å². The molecule has 7 saturated carbocycles. The third-order valence-corrected chi connectivity index (χ3v) is 14.5. The number of carbonyl (C=O) groups is 3. The lowest BCUT2D eigenvalue weighted by atomic mass is 9.48. The quantitative estimate of drug-likeness (QED) is 0.293. The van der Waals surface area contributed by atoms with Crippen LogP contribution in [0.25, 0.3) is 0 Å². The fraction of sp³-hybridized carbons (Fsp3) is 0.886. The van der Waals surface area contributed by atoms with E-state index in [9.17, 15) is 14.4 Å². The standard InChI is InChI=1S/C35H54N4O4/c1-32(2,15-23-20-9-19-10-21(23)14-35(12-19,13-20)39-31(37)42)43-30(41)24-16-34(4)27-7-8-33(3)22(17-36)5-6-26(33)25(27)18-38-29(34)11-28(24)40/h19-27H,5-18,36H2,1-4H3,(H3,37,39,42)/t19?,20?,21?,22-,23?,24?,25+,26+,27+,33-,34-,35?/m1/s1. The fourth-order valence-electron chi connectivity index (χ4n) is 12.8. The Morgan fingerprint density at radius 2 is 1.77 bits per heavy atom. The van der Waals surface area contributed by atoms with Crippen molar-refractivity contribution in [2.75, 3.05) is 13.1 Å². The van der Waals surface area contributed by atoms with Crippen molar-refractivity contribution >= 4 is 23.5 Å². The second-order valence-corrected chi connectivity index (χ2v) is 17.3. The molecular weight excluding hydrogens is 540 g/mol. The molecule has 43 heavy (non-hydrogen) atoms. The average Bonchev–Trinajstić information content (AvgIpc) is 3.25. The summed E-state index contributed by atoms with van der Waals surface area (Å²) in [6.45, 7) is 10.4. The van der Waals surface area contributed by atoms with E-state index in [0.717, 1.165) is 50.9 Å². The van der Waals surface area contributed by atoms with Gasteiger partial charge in [0.1, 0.15) is 11.5 Å². The molecule has 5 N–H and O–H groups in total. The van der Waals surface area contributed by atoms with E-state index in [0.29, 0.717) is 59.2 Å². The van der Waals surface area contributed by atoms with Gasteiger partial charge in [-0.1, -0.05) is 13.8 Å². The molecular formula is C35H54N4O4. The first-order valence-electron chi connectivity index (χ1n) is 17.3. The topological polar surface area (TPSA) is 137 Å². The van der Waals surface area contributed by atoms with Crippen LogP contribution in [0.15, 0.2) is 4.99 Å². The van der Waals surface area contributed by atoms with Crippen molar-refractivity contribution in [1.82, 2.24) is 5.32 Å². The van der Waals surface area contributed by atoms with Crippen molar-refractivity contribution in [3.63, 3.8) is 0 Å². The molecule has 9 atom stereocenters. The average molecular weight is 595 g/mol. The van der Waals surface area contributed by atoms with Gasteiger partial charge in [-0.3, -0.25) is 14.6 Å². The monoisotopic (exact) mass is 594 g/mol. The second kappa shape index (κ2) is 10.0. The highest BCUT2D eigenvalue weighted by molar-refractivity contribution is 6.14. The molecule has 0 saturated heterocycles. The van der Waals surface area contributed by atoms with Gasteiger partial charge in [-0.2, -0.15) is 0 Å². The first-order chi connectivity index (χ1) is 20.3. The molecule has 8 rings (SSSR count). The number of fused-ring (bicyclic) bond motifs is 5. The number of nitrogens with one attached hydrogen (secondary N) is 1. The number of aliphatic imine (C=N–C) groups is 1. The van der Waals surface area contributed by atoms with Crippen LogP contribution >= 0.6 is 0 Å². The lowest BCUT2D eigenvalue weighted by Crippen LogP contribution is -2.63. The molecule has 2 amide bonds. The van der Waals surface area contributed by atoms with Crippen molar-refractivity contribution < 1.29 is 19.1 Å². The number of carbonyl (C=O) groups excluding carboxylic acids is 3. The molecule has 1 heterocycles. The molecule has 238 valence electrons. The molecule has 0 spiro atoms. The first-order valence-corrected chi connectivity index (χ1v) is 17.3. The van der Waals surface area contributed by atoms with Gasteiger partial charge in [-0.15, -0.1) is 0 Å². The number of nitrogens with two attached hydrogens (primary N) is 2. The van der Waals surface area contributed by atoms with Gasteiger partial charge in [0.15, 0.2) is 5.78 Å². The zero-order valence-electron chi connectivity index (χ0n) is 26.8. The van der Waals surface area contributed by atoms with Crippen LogP contribution in [0.2, 0.25) is 0 Å². The maximum Gasteiger partial charge on any atom is 0.317 e. The molecule has 0 aromatic heterocycles. The van der Waals surface area contributed by atoms with Crippen LogP contribution in [-0.2, 0) is 14.3 Å². The number of esters is 1. The van der Waals surface area contributed by atoms with Crippen LogP contribution in [0.4, 0.5) is 4.79 Å². The Kier molecular flexibility index (Phi) is 6.93. The van der Waals surface area contributed by atoms with Gasteiger partial charge in [-0.05, 0) is 144 Å². The minimum absolute atomic E-state index is 0.0192. The Hall–Kier alpha value is -1.96. The molecule has 8 heteroatoms. The van der Waals surface area contributed by atoms with Gasteiger partial charge in [0.25, 0.3) is 0 Å². The number of ketones is 1. The Bertz CT molecular complexity index is 1210. The van der Waals surface area contributed by atoms with E-state index in [1.807, 2.05) is 13.8 Å². The molecule has 0 radical (unpaired) electrons. The van der Waals surface area contributed by atoms with Crippen LogP contribution in [-0.4, -0.2) is 47.7 Å². The highest BCUT2D eigenvalue weighted by atomic mass is 16.6. The van der Waals surface area contributed by atoms with Crippen LogP contribution in [0.5, 0.6) is 0 Å². The number of urea groups is 1. The van der Waals surface area contributed by atoms with E-state index < -0.39 is 17.6 Å². The van der Waals surface area contributed by atoms with Gasteiger partial charge in [-0.25, -0.2) is 4.79 Å². The molecule has 0 aromatic carbocycles. The Balaban J connectivity index is 1.04. The Morgan fingerprint density at radius 1 is 1.05 bits per heavy atom. The molecule has 7 aliphatic carbocycles. The molecule has 3 unspecified atom stereocenters. The number of hydrogen-bond donors (Lipinski definition) is 3. The predicted molar refractivity (Wildman–Crippen MR) is 165 cm³/mol. The van der Waals surface area contributed by atoms with E-state index in [2.05, 4.69) is 19.2 Å². The number of rotatable bonds is 6. The van der Waals surface area contributed by atoms with Crippen molar-refractivity contribution in [3.8, 4) is 0 Å². The molecule has 8 nitrogen and oxygen atoms in total. The van der Waals surface area contributed by atoms with Gasteiger partial charge in [0.2, 0.25) is 0 Å². The molecule has 4 bridgehead atoms. The fourth-order valence-corrected chi connectivity index (χ4v) is 12.8. The number of nitrogens with zero attached hydrogens (tertiary/aromatic N) is 1. The summed E-state index contributed by atoms with van der Waals surface area (Å²) in [7, 11) is 0. The lowest BCUT2D eigenvalue weighted by Gasteiger charge is -2.61. The molecule has 8 aliphatic rings. The third-order valence-electron chi connectivity index (χ3n) is 14.5. The lowest BCUT2D eigenvalue weighted by molar-refractivity contribution is -0.171. The minimum atomic E-state index is -0.711. The van der Waals surface area contributed by atoms with Gasteiger partial charge >= 0.3 is 12.0 Å². The summed E-state index contributed by atoms with van der Waals surface area (Å²) in [5.41, 5.74) is 12.1. The smallest absolute Gasteiger partial charge is 0.317 e. The van der Waals surface area contributed by atoms with E-state index in [1.54, 1.807) is 0 Å². The molecule has 1 aliphatic heterocycles. The van der Waals surface area contributed by atoms with Crippen LogP contribution in [0, 0.1) is 64.1 Å². The van der Waals surface area contributed by atoms with Crippen molar-refractivity contribution in [3.05, 3.63) is 0 Å². The molecule has 0 aromatic rings. The SMILES string of the molecule is CC(C)(CC1C2CC3CC1CC(NC(N)=O)(C3)C2)OC(=O)C1C[C@@]2(C)C(=NC[C@H]3[C@@H]4CC[C@H](CN)[C@@]4(C)CC[C@@H]32)CC1=O. The summed E-state index contributed by atoms with van der Waals surface area (Å²) < 4.78 is 6.32. The van der Waals surface area contributed by atoms with E-state index >= 15 is 0 Å². The van der Waals surface area contributed by atoms with Gasteiger partial charge < -0.3 is 21.5 Å². The number of ether oxygens (including phenoxy) is 1. The highest BCUT2D eigenvalue weighted by Crippen LogP contribution is 2.64. The zero-order chi connectivity index (χ0) is 30.5. The van der Waals surface area contributed by atoms with E-state index in [-0.39, 0.29) is 29.1 Å². The van der Waals surface area contributed by atoms with Crippen LogP contribution in [0.1, 0.15) is 105 Å². The number of Topliss-reactive ketones (excluding diaryl/α,β-unsaturated/α-hetero) is 1. The predicted octanol–water partition coefficient (Wildman–Crippen LogP) is 5.02. The number of hydrogen-bond acceptors (Lipinski definition) is 6. The Labute approximate surface area is 257 Å². The van der Waals surface area contributed by atoms with Crippen molar-refractivity contribution in [2.45, 2.75) is 116 Å². The number of primary amides is 1. The summed E-state index contributed by atoms with van der Waals surface area (Å²) in [5.74, 6) is 3.24. The minimum Gasteiger partial charge on any atom is -0.459 e. The van der Waals surface area contributed by atoms with Crippen molar-refractivity contribution in [2.24, 2.45) is 80.6 Å². The maximum absolute atomic E-state index is 13.9. The van der Waals surface area contributed by atoms with Gasteiger partial charge in [0.05, 0.1) is 0 Å². The summed E-state index contributed by atoms with van der Waals surface area (Å²) >= 11 is 0. The summed E-state index contributed by atoms with van der Waals surface area (Å²) in [5, 5.41) is 3.12. The largest absolute Gasteiger partial charge is 0.459 e. The third kappa shape index (κ3) is 4.70. The second-order valence-electron chi connectivity index (χ2n) is 17.3. The Morgan fingerprint density at radius 3 is 2.44 bits per heavy atom. The normalized spacial score (nSPS) is 48.2. The first kappa shape index (κ1) is 29.7.